The fraction of sp³-hybridized carbons (Fsp3) is 0.500. The van der Waals surface area contributed by atoms with E-state index in [0.29, 0.717) is 13.1 Å². The lowest BCUT2D eigenvalue weighted by Crippen LogP contribution is -2.56. The number of fused-ring (bicyclic) bond motifs is 2. The molecule has 2 saturated heterocycles. The molecule has 0 bridgehead atoms. The minimum absolute atomic E-state index is 0.0633. The first-order chi connectivity index (χ1) is 16.2. The van der Waals surface area contributed by atoms with Crippen LogP contribution >= 0.6 is 11.8 Å². The van der Waals surface area contributed by atoms with Crippen molar-refractivity contribution in [3.05, 3.63) is 53.6 Å². The maximum Gasteiger partial charge on any atom is 0.251 e. The smallest absolute Gasteiger partial charge is 0.251 e. The molecule has 4 aliphatic rings. The number of carbonyl (C=O) groups excluding carboxylic acids is 3. The van der Waals surface area contributed by atoms with Crippen LogP contribution in [0.2, 0.25) is 0 Å². The van der Waals surface area contributed by atoms with Crippen molar-refractivity contribution in [3.8, 4) is 0 Å². The number of hydrogen-bond donors (Lipinski definition) is 1. The molecule has 1 aromatic rings. The van der Waals surface area contributed by atoms with Crippen LogP contribution in [0.1, 0.15) is 18.1 Å². The van der Waals surface area contributed by atoms with E-state index in [2.05, 4.69) is 0 Å². The largest absolute Gasteiger partial charge is 0.394 e. The Bertz CT molecular complexity index is 1100. The Morgan fingerprint density at radius 2 is 1.79 bits per heavy atom. The number of amides is 3. The van der Waals surface area contributed by atoms with Crippen LogP contribution in [0, 0.1) is 25.7 Å². The van der Waals surface area contributed by atoms with Gasteiger partial charge in [0, 0.05) is 31.1 Å². The Morgan fingerprint density at radius 3 is 2.47 bits per heavy atom. The van der Waals surface area contributed by atoms with Gasteiger partial charge in [0.15, 0.2) is 0 Å². The number of nitrogens with zero attached hydrogens (tertiary/aromatic N) is 3. The van der Waals surface area contributed by atoms with Crippen LogP contribution in [0.3, 0.4) is 0 Å². The normalized spacial score (nSPS) is 33.6. The number of carbonyl (C=O) groups is 3. The van der Waals surface area contributed by atoms with Gasteiger partial charge in [-0.2, -0.15) is 0 Å². The van der Waals surface area contributed by atoms with Crippen molar-refractivity contribution < 1.29 is 19.5 Å². The van der Waals surface area contributed by atoms with E-state index in [1.54, 1.807) is 40.4 Å². The Labute approximate surface area is 204 Å². The SMILES string of the molecule is Cc1cccc(C)c1N1CC=C[C@]23S[C@H]4C=CCN(C)C(=O)[C@H]4[C@H]2C(=O)N([C@H](C)CO)C3C1=O. The first-order valence-corrected chi connectivity index (χ1v) is 12.7. The number of para-hydroxylation sites is 1. The number of rotatable bonds is 3. The second-order valence-electron chi connectivity index (χ2n) is 9.86. The highest BCUT2D eigenvalue weighted by atomic mass is 32.2. The molecule has 8 heteroatoms. The summed E-state index contributed by atoms with van der Waals surface area (Å²) in [6.07, 6.45) is 8.00. The lowest BCUT2D eigenvalue weighted by atomic mass is 9.78. The lowest BCUT2D eigenvalue weighted by molar-refractivity contribution is -0.143. The second kappa shape index (κ2) is 8.27. The molecule has 34 heavy (non-hydrogen) atoms. The molecule has 5 rings (SSSR count). The van der Waals surface area contributed by atoms with Gasteiger partial charge >= 0.3 is 0 Å². The van der Waals surface area contributed by atoms with Gasteiger partial charge in [-0.3, -0.25) is 14.4 Å². The molecular weight excluding hydrogens is 450 g/mol. The molecule has 0 radical (unpaired) electrons. The Kier molecular flexibility index (Phi) is 5.64. The highest BCUT2D eigenvalue weighted by Crippen LogP contribution is 2.61. The van der Waals surface area contributed by atoms with E-state index in [0.717, 1.165) is 16.8 Å². The minimum atomic E-state index is -0.865. The summed E-state index contributed by atoms with van der Waals surface area (Å²) in [6.45, 7) is 6.38. The molecule has 0 aliphatic carbocycles. The molecule has 1 unspecified atom stereocenters. The van der Waals surface area contributed by atoms with E-state index in [-0.39, 0.29) is 29.6 Å². The van der Waals surface area contributed by atoms with Crippen LogP contribution in [-0.2, 0) is 14.4 Å². The highest BCUT2D eigenvalue weighted by molar-refractivity contribution is 8.02. The highest BCUT2D eigenvalue weighted by Gasteiger charge is 2.71. The molecule has 1 N–H and O–H groups in total. The third-order valence-corrected chi connectivity index (χ3v) is 9.49. The predicted octanol–water partition coefficient (Wildman–Crippen LogP) is 1.91. The molecule has 0 saturated carbocycles. The van der Waals surface area contributed by atoms with Gasteiger partial charge < -0.3 is 19.8 Å². The predicted molar refractivity (Wildman–Crippen MR) is 132 cm³/mol. The van der Waals surface area contributed by atoms with Crippen LogP contribution in [0.15, 0.2) is 42.5 Å². The Morgan fingerprint density at radius 1 is 1.09 bits per heavy atom. The quantitative estimate of drug-likeness (QED) is 0.667. The van der Waals surface area contributed by atoms with Gasteiger partial charge in [-0.05, 0) is 31.9 Å². The summed E-state index contributed by atoms with van der Waals surface area (Å²) >= 11 is 1.56. The van der Waals surface area contributed by atoms with Gasteiger partial charge in [-0.15, -0.1) is 11.8 Å². The van der Waals surface area contributed by atoms with Crippen molar-refractivity contribution in [2.45, 2.75) is 42.9 Å². The summed E-state index contributed by atoms with van der Waals surface area (Å²) in [5.41, 5.74) is 2.84. The van der Waals surface area contributed by atoms with Gasteiger partial charge in [0.25, 0.3) is 5.91 Å². The first kappa shape index (κ1) is 23.2. The number of hydrogen-bond acceptors (Lipinski definition) is 5. The summed E-state index contributed by atoms with van der Waals surface area (Å²) < 4.78 is -0.865. The Balaban J connectivity index is 1.67. The van der Waals surface area contributed by atoms with Crippen LogP contribution in [-0.4, -0.2) is 81.5 Å². The number of aryl methyl sites for hydroxylation is 2. The first-order valence-electron chi connectivity index (χ1n) is 11.8. The zero-order valence-electron chi connectivity index (χ0n) is 20.0. The summed E-state index contributed by atoms with van der Waals surface area (Å²) in [5, 5.41) is 9.86. The van der Waals surface area contributed by atoms with E-state index in [1.165, 1.54) is 0 Å². The molecule has 4 aliphatic heterocycles. The number of anilines is 1. The number of aliphatic hydroxyl groups is 1. The topological polar surface area (TPSA) is 81.2 Å². The molecule has 0 aromatic heterocycles. The molecule has 1 spiro atoms. The van der Waals surface area contributed by atoms with Crippen molar-refractivity contribution in [1.82, 2.24) is 9.80 Å². The van der Waals surface area contributed by atoms with Crippen LogP contribution in [0.5, 0.6) is 0 Å². The average Bonchev–Trinajstić information content (AvgIpc) is 3.14. The number of aliphatic hydroxyl groups excluding tert-OH is 1. The van der Waals surface area contributed by atoms with E-state index < -0.39 is 28.7 Å². The fourth-order valence-corrected chi connectivity index (χ4v) is 8.19. The number of benzene rings is 1. The Hall–Kier alpha value is -2.58. The van der Waals surface area contributed by atoms with Crippen molar-refractivity contribution in [2.24, 2.45) is 11.8 Å². The number of likely N-dealkylation sites (N-methyl/N-ethyl adjacent to an activating group) is 1. The fourth-order valence-electron chi connectivity index (χ4n) is 6.20. The average molecular weight is 482 g/mol. The number of thioether (sulfide) groups is 1. The maximum absolute atomic E-state index is 14.3. The third-order valence-electron chi connectivity index (χ3n) is 7.75. The van der Waals surface area contributed by atoms with E-state index in [9.17, 15) is 19.5 Å². The molecule has 7 nitrogen and oxygen atoms in total. The van der Waals surface area contributed by atoms with Crippen LogP contribution in [0.25, 0.3) is 0 Å². The van der Waals surface area contributed by atoms with Crippen molar-refractivity contribution in [3.63, 3.8) is 0 Å². The molecule has 2 fully saturated rings. The van der Waals surface area contributed by atoms with E-state index in [1.807, 2.05) is 56.4 Å². The van der Waals surface area contributed by atoms with Gasteiger partial charge in [-0.1, -0.05) is 42.5 Å². The molecule has 4 heterocycles. The van der Waals surface area contributed by atoms with Gasteiger partial charge in [-0.25, -0.2) is 0 Å². The summed E-state index contributed by atoms with van der Waals surface area (Å²) in [5.74, 6) is -1.63. The third kappa shape index (κ3) is 3.11. The monoisotopic (exact) mass is 481 g/mol. The summed E-state index contributed by atoms with van der Waals surface area (Å²) in [7, 11) is 1.76. The zero-order valence-corrected chi connectivity index (χ0v) is 20.8. The second-order valence-corrected chi connectivity index (χ2v) is 11.3. The maximum atomic E-state index is 14.3. The van der Waals surface area contributed by atoms with E-state index >= 15 is 0 Å². The van der Waals surface area contributed by atoms with E-state index in [4.69, 9.17) is 0 Å². The van der Waals surface area contributed by atoms with Gasteiger partial charge in [0.05, 0.1) is 29.2 Å². The van der Waals surface area contributed by atoms with Crippen molar-refractivity contribution in [2.75, 3.05) is 31.6 Å². The summed E-state index contributed by atoms with van der Waals surface area (Å²) in [6, 6.07) is 4.60. The molecule has 6 atom stereocenters. The number of likely N-dealkylation sites (tertiary alicyclic amines) is 1. The molecule has 3 amide bonds. The lowest BCUT2D eigenvalue weighted by Gasteiger charge is -2.38. The minimum Gasteiger partial charge on any atom is -0.394 e. The molecular formula is C26H31N3O4S. The van der Waals surface area contributed by atoms with Crippen molar-refractivity contribution >= 4 is 35.2 Å². The molecule has 180 valence electrons. The van der Waals surface area contributed by atoms with Gasteiger partial charge in [0.2, 0.25) is 11.8 Å². The van der Waals surface area contributed by atoms with Crippen LogP contribution < -0.4 is 4.90 Å². The molecule has 1 aromatic carbocycles. The standard InChI is InChI=1S/C26H31N3O4S/c1-15-8-5-9-16(2)21(15)28-13-7-11-26-20(19-18(34-26)10-6-12-27(4)23(19)31)24(32)29(17(3)14-30)22(26)25(28)33/h5-11,17-20,22,30H,12-14H2,1-4H3/t17-,18+,19-,20+,22?,26+/m1/s1. The van der Waals surface area contributed by atoms with Crippen LogP contribution in [0.4, 0.5) is 5.69 Å². The zero-order chi connectivity index (χ0) is 24.4. The van der Waals surface area contributed by atoms with Crippen molar-refractivity contribution in [1.29, 1.82) is 0 Å². The summed E-state index contributed by atoms with van der Waals surface area (Å²) in [4.78, 5) is 46.8. The van der Waals surface area contributed by atoms with Gasteiger partial charge in [0.1, 0.15) is 6.04 Å².